The van der Waals surface area contributed by atoms with Crippen LogP contribution >= 0.6 is 0 Å². The molecule has 18 heavy (non-hydrogen) atoms. The number of aromatic nitrogens is 2. The van der Waals surface area contributed by atoms with Gasteiger partial charge in [-0.15, -0.1) is 0 Å². The topological polar surface area (TPSA) is 29.9 Å². The third-order valence-corrected chi connectivity index (χ3v) is 2.91. The Morgan fingerprint density at radius 1 is 1.33 bits per heavy atom. The van der Waals surface area contributed by atoms with Crippen molar-refractivity contribution in [1.82, 2.24) is 9.78 Å². The molecule has 0 fully saturated rings. The summed E-state index contributed by atoms with van der Waals surface area (Å²) in [6, 6.07) is 10.2. The minimum atomic E-state index is 0.739. The SMILES string of the molecule is C=C(CNc1cn(C)nc1CC)c1ccccc1. The maximum Gasteiger partial charge on any atom is 0.0853 e. The molecule has 1 heterocycles. The summed E-state index contributed by atoms with van der Waals surface area (Å²) in [4.78, 5) is 0. The fourth-order valence-electron chi connectivity index (χ4n) is 1.92. The molecule has 0 unspecified atom stereocenters. The Kier molecular flexibility index (Phi) is 3.82. The van der Waals surface area contributed by atoms with Gasteiger partial charge in [-0.1, -0.05) is 43.8 Å². The number of anilines is 1. The van der Waals surface area contributed by atoms with Crippen LogP contribution in [-0.2, 0) is 13.5 Å². The largest absolute Gasteiger partial charge is 0.378 e. The molecule has 2 rings (SSSR count). The summed E-state index contributed by atoms with van der Waals surface area (Å²) in [5, 5.41) is 7.80. The van der Waals surface area contributed by atoms with Gasteiger partial charge >= 0.3 is 0 Å². The van der Waals surface area contributed by atoms with E-state index in [1.54, 1.807) is 0 Å². The predicted molar refractivity (Wildman–Crippen MR) is 76.6 cm³/mol. The van der Waals surface area contributed by atoms with Crippen LogP contribution in [0.5, 0.6) is 0 Å². The smallest absolute Gasteiger partial charge is 0.0853 e. The average molecular weight is 241 g/mol. The molecule has 3 heteroatoms. The zero-order valence-electron chi connectivity index (χ0n) is 11.0. The Labute approximate surface area is 108 Å². The van der Waals surface area contributed by atoms with Crippen molar-refractivity contribution in [3.63, 3.8) is 0 Å². The van der Waals surface area contributed by atoms with E-state index in [0.29, 0.717) is 0 Å². The molecule has 0 aliphatic rings. The van der Waals surface area contributed by atoms with E-state index in [1.807, 2.05) is 36.1 Å². The molecule has 0 bridgehead atoms. The van der Waals surface area contributed by atoms with E-state index >= 15 is 0 Å². The summed E-state index contributed by atoms with van der Waals surface area (Å²) < 4.78 is 1.84. The second-order valence-electron chi connectivity index (χ2n) is 4.34. The fourth-order valence-corrected chi connectivity index (χ4v) is 1.92. The van der Waals surface area contributed by atoms with E-state index in [0.717, 1.165) is 29.9 Å². The molecule has 2 aromatic rings. The van der Waals surface area contributed by atoms with E-state index in [1.165, 1.54) is 5.56 Å². The second-order valence-corrected chi connectivity index (χ2v) is 4.34. The van der Waals surface area contributed by atoms with Crippen molar-refractivity contribution in [2.75, 3.05) is 11.9 Å². The van der Waals surface area contributed by atoms with Crippen molar-refractivity contribution in [2.45, 2.75) is 13.3 Å². The van der Waals surface area contributed by atoms with Gasteiger partial charge in [0.05, 0.1) is 11.4 Å². The van der Waals surface area contributed by atoms with Crippen LogP contribution in [0.25, 0.3) is 5.57 Å². The van der Waals surface area contributed by atoms with E-state index in [4.69, 9.17) is 0 Å². The first kappa shape index (κ1) is 12.4. The van der Waals surface area contributed by atoms with Crippen LogP contribution in [0.4, 0.5) is 5.69 Å². The number of benzene rings is 1. The molecular weight excluding hydrogens is 222 g/mol. The fraction of sp³-hybridized carbons (Fsp3) is 0.267. The lowest BCUT2D eigenvalue weighted by Gasteiger charge is -2.08. The molecule has 0 amide bonds. The number of hydrogen-bond donors (Lipinski definition) is 1. The molecule has 0 saturated carbocycles. The minimum absolute atomic E-state index is 0.739. The number of rotatable bonds is 5. The first-order valence-corrected chi connectivity index (χ1v) is 6.20. The van der Waals surface area contributed by atoms with Crippen LogP contribution in [0.2, 0.25) is 0 Å². The Morgan fingerprint density at radius 2 is 2.06 bits per heavy atom. The normalized spacial score (nSPS) is 10.3. The van der Waals surface area contributed by atoms with Gasteiger partial charge in [-0.25, -0.2) is 0 Å². The van der Waals surface area contributed by atoms with Crippen LogP contribution in [0.3, 0.4) is 0 Å². The lowest BCUT2D eigenvalue weighted by molar-refractivity contribution is 0.746. The summed E-state index contributed by atoms with van der Waals surface area (Å²) in [5.74, 6) is 0. The van der Waals surface area contributed by atoms with Crippen molar-refractivity contribution < 1.29 is 0 Å². The minimum Gasteiger partial charge on any atom is -0.378 e. The van der Waals surface area contributed by atoms with Gasteiger partial charge in [0.2, 0.25) is 0 Å². The second kappa shape index (κ2) is 5.54. The molecule has 0 spiro atoms. The molecule has 1 N–H and O–H groups in total. The van der Waals surface area contributed by atoms with Crippen molar-refractivity contribution >= 4 is 11.3 Å². The number of aryl methyl sites for hydroxylation is 2. The molecule has 0 aliphatic carbocycles. The summed E-state index contributed by atoms with van der Waals surface area (Å²) >= 11 is 0. The number of nitrogens with zero attached hydrogens (tertiary/aromatic N) is 2. The van der Waals surface area contributed by atoms with Gasteiger partial charge in [0, 0.05) is 19.8 Å². The van der Waals surface area contributed by atoms with Crippen LogP contribution in [0.15, 0.2) is 43.1 Å². The average Bonchev–Trinajstić information content (AvgIpc) is 2.77. The van der Waals surface area contributed by atoms with Gasteiger partial charge < -0.3 is 5.32 Å². The van der Waals surface area contributed by atoms with E-state index in [2.05, 4.69) is 36.1 Å². The van der Waals surface area contributed by atoms with Gasteiger partial charge in [0.1, 0.15) is 0 Å². The van der Waals surface area contributed by atoms with E-state index in [-0.39, 0.29) is 0 Å². The van der Waals surface area contributed by atoms with E-state index in [9.17, 15) is 0 Å². The lowest BCUT2D eigenvalue weighted by atomic mass is 10.1. The third-order valence-electron chi connectivity index (χ3n) is 2.91. The first-order chi connectivity index (χ1) is 8.70. The van der Waals surface area contributed by atoms with Crippen molar-refractivity contribution in [3.05, 3.63) is 54.4 Å². The highest BCUT2D eigenvalue weighted by Crippen LogP contribution is 2.17. The predicted octanol–water partition coefficient (Wildman–Crippen LogP) is 3.11. The molecule has 94 valence electrons. The van der Waals surface area contributed by atoms with Gasteiger partial charge in [-0.05, 0) is 17.6 Å². The Hall–Kier alpha value is -2.03. The van der Waals surface area contributed by atoms with Crippen molar-refractivity contribution in [3.8, 4) is 0 Å². The number of nitrogens with one attached hydrogen (secondary N) is 1. The summed E-state index contributed by atoms with van der Waals surface area (Å²) in [5.41, 5.74) is 4.45. The standard InChI is InChI=1S/C15H19N3/c1-4-14-15(11-18(3)17-14)16-10-12(2)13-8-6-5-7-9-13/h5-9,11,16H,2,4,10H2,1,3H3. The molecule has 3 nitrogen and oxygen atoms in total. The van der Waals surface area contributed by atoms with Crippen LogP contribution in [-0.4, -0.2) is 16.3 Å². The highest BCUT2D eigenvalue weighted by molar-refractivity contribution is 5.67. The monoisotopic (exact) mass is 241 g/mol. The Bertz CT molecular complexity index is 526. The summed E-state index contributed by atoms with van der Waals surface area (Å²) in [6.45, 7) is 6.96. The highest BCUT2D eigenvalue weighted by atomic mass is 15.3. The van der Waals surface area contributed by atoms with Crippen molar-refractivity contribution in [2.24, 2.45) is 7.05 Å². The molecule has 1 aromatic carbocycles. The van der Waals surface area contributed by atoms with Gasteiger partial charge in [-0.2, -0.15) is 5.10 Å². The molecule has 1 aromatic heterocycles. The van der Waals surface area contributed by atoms with Crippen LogP contribution in [0.1, 0.15) is 18.2 Å². The van der Waals surface area contributed by atoms with Crippen LogP contribution in [0, 0.1) is 0 Å². The molecular formula is C15H19N3. The lowest BCUT2D eigenvalue weighted by Crippen LogP contribution is -2.04. The number of hydrogen-bond acceptors (Lipinski definition) is 2. The van der Waals surface area contributed by atoms with Gasteiger partial charge in [-0.3, -0.25) is 4.68 Å². The Morgan fingerprint density at radius 3 is 2.72 bits per heavy atom. The maximum absolute atomic E-state index is 4.40. The van der Waals surface area contributed by atoms with Crippen LogP contribution < -0.4 is 5.32 Å². The van der Waals surface area contributed by atoms with Gasteiger partial charge in [0.15, 0.2) is 0 Å². The quantitative estimate of drug-likeness (QED) is 0.871. The molecule has 0 saturated heterocycles. The molecule has 0 aliphatic heterocycles. The summed E-state index contributed by atoms with van der Waals surface area (Å²) in [7, 11) is 1.94. The highest BCUT2D eigenvalue weighted by Gasteiger charge is 2.05. The first-order valence-electron chi connectivity index (χ1n) is 6.20. The molecule has 0 atom stereocenters. The zero-order chi connectivity index (χ0) is 13.0. The maximum atomic E-state index is 4.40. The van der Waals surface area contributed by atoms with E-state index < -0.39 is 0 Å². The zero-order valence-corrected chi connectivity index (χ0v) is 11.0. The van der Waals surface area contributed by atoms with Crippen molar-refractivity contribution in [1.29, 1.82) is 0 Å². The Balaban J connectivity index is 2.01. The molecule has 0 radical (unpaired) electrons. The third kappa shape index (κ3) is 2.80. The van der Waals surface area contributed by atoms with Gasteiger partial charge in [0.25, 0.3) is 0 Å². The summed E-state index contributed by atoms with van der Waals surface area (Å²) in [6.07, 6.45) is 2.94.